The van der Waals surface area contributed by atoms with E-state index in [0.717, 1.165) is 22.9 Å². The predicted octanol–water partition coefficient (Wildman–Crippen LogP) is 6.06. The van der Waals surface area contributed by atoms with Gasteiger partial charge in [0.15, 0.2) is 23.1 Å². The van der Waals surface area contributed by atoms with Gasteiger partial charge < -0.3 is 37.9 Å². The minimum absolute atomic E-state index is 0.0420. The fraction of sp³-hybridized carbons (Fsp3) is 0.617. The lowest BCUT2D eigenvalue weighted by molar-refractivity contribution is -0.268. The Balaban J connectivity index is 0.000000208. The highest BCUT2D eigenvalue weighted by Crippen LogP contribution is 2.32. The average Bonchev–Trinajstić information content (AvgIpc) is 3.91. The van der Waals surface area contributed by atoms with Crippen molar-refractivity contribution in [1.29, 1.82) is 0 Å². The summed E-state index contributed by atoms with van der Waals surface area (Å²) in [6.45, 7) is 22.9. The van der Waals surface area contributed by atoms with E-state index in [0.29, 0.717) is 19.8 Å². The zero-order chi connectivity index (χ0) is 53.3. The molecule has 4 aliphatic rings. The Hall–Kier alpha value is -3.02. The molecule has 1 unspecified atom stereocenters. The van der Waals surface area contributed by atoms with Gasteiger partial charge in [0.05, 0.1) is 73.8 Å². The largest absolute Gasteiger partial charge is 0.348 e. The summed E-state index contributed by atoms with van der Waals surface area (Å²) < 4.78 is 156. The Kier molecular flexibility index (Phi) is 20.6. The third-order valence-corrected chi connectivity index (χ3v) is 14.7. The number of hydrogen-bond acceptors (Lipinski definition) is 20. The van der Waals surface area contributed by atoms with Crippen molar-refractivity contribution >= 4 is 40.5 Å². The highest BCUT2D eigenvalue weighted by molar-refractivity contribution is 7.87. The standard InChI is InChI=1S/C14H20O5S.2C13H18O5S.C7H14O5S/c1-11-5-7-12(8-6-11)20(15,16)18-10-14(4)9-17-13(2,3)19-14;2*1-10-4-6-12(7-5-10)19(14,15)17-9-11-8-16-13(2,3)18-11;1-7(2)10-4-6(5-11-7)12-13(3,8)9/h5-8H,9-10H2,1-4H3;2*4-7,11H,8-9H2,1-3H3;6H,4-5H2,1-3H3/t;2*11-;/m.10./s1. The van der Waals surface area contributed by atoms with Crippen molar-refractivity contribution in [2.45, 2.75) is 145 Å². The van der Waals surface area contributed by atoms with Gasteiger partial charge in [0, 0.05) is 0 Å². The topological polar surface area (TPSA) is 247 Å². The van der Waals surface area contributed by atoms with Crippen LogP contribution < -0.4 is 0 Å². The molecule has 24 heteroatoms. The van der Waals surface area contributed by atoms with Gasteiger partial charge in [-0.1, -0.05) is 53.1 Å². The summed E-state index contributed by atoms with van der Waals surface area (Å²) in [6, 6.07) is 19.6. The Morgan fingerprint density at radius 3 is 1.10 bits per heavy atom. The molecule has 20 nitrogen and oxygen atoms in total. The van der Waals surface area contributed by atoms with Crippen molar-refractivity contribution < 1.29 is 88.3 Å². The second-order valence-electron chi connectivity index (χ2n) is 19.2. The van der Waals surface area contributed by atoms with Crippen LogP contribution in [0.3, 0.4) is 0 Å². The maximum Gasteiger partial charge on any atom is 0.297 e. The second-order valence-corrected chi connectivity index (χ2v) is 25.7. The highest BCUT2D eigenvalue weighted by Gasteiger charge is 2.43. The first-order valence-electron chi connectivity index (χ1n) is 22.5. The number of hydrogen-bond donors (Lipinski definition) is 0. The fourth-order valence-electron chi connectivity index (χ4n) is 6.57. The van der Waals surface area contributed by atoms with Gasteiger partial charge in [-0.25, -0.2) is 0 Å². The van der Waals surface area contributed by atoms with Crippen LogP contribution in [0.4, 0.5) is 0 Å². The van der Waals surface area contributed by atoms with E-state index in [4.69, 9.17) is 54.6 Å². The summed E-state index contributed by atoms with van der Waals surface area (Å²) in [4.78, 5) is 0.442. The zero-order valence-corrected chi connectivity index (χ0v) is 45.9. The molecular formula is C47H70O20S4. The van der Waals surface area contributed by atoms with Gasteiger partial charge in [-0.05, 0) is 119 Å². The fourth-order valence-corrected chi connectivity index (χ4v) is 10.1. The molecule has 3 aromatic rings. The van der Waals surface area contributed by atoms with Crippen molar-refractivity contribution in [1.82, 2.24) is 0 Å². The van der Waals surface area contributed by atoms with E-state index in [1.54, 1.807) is 98.7 Å². The summed E-state index contributed by atoms with van der Waals surface area (Å²) in [5.74, 6) is -2.72. The summed E-state index contributed by atoms with van der Waals surface area (Å²) in [6.07, 6.45) is -0.249. The van der Waals surface area contributed by atoms with Crippen LogP contribution in [0.5, 0.6) is 0 Å². The maximum atomic E-state index is 12.1. The van der Waals surface area contributed by atoms with Gasteiger partial charge in [-0.15, -0.1) is 0 Å². The first-order chi connectivity index (χ1) is 32.5. The summed E-state index contributed by atoms with van der Waals surface area (Å²) >= 11 is 0. The van der Waals surface area contributed by atoms with Gasteiger partial charge >= 0.3 is 0 Å². The first-order valence-corrected chi connectivity index (χ1v) is 28.5. The lowest BCUT2D eigenvalue weighted by Crippen LogP contribution is -2.43. The van der Waals surface area contributed by atoms with Crippen LogP contribution in [0.2, 0.25) is 0 Å². The third-order valence-electron chi connectivity index (χ3n) is 10.2. The molecule has 0 aromatic heterocycles. The molecule has 4 saturated heterocycles. The van der Waals surface area contributed by atoms with E-state index in [1.165, 1.54) is 36.4 Å². The molecule has 0 N–H and O–H groups in total. The lowest BCUT2D eigenvalue weighted by Gasteiger charge is -2.34. The Bertz CT molecular complexity index is 2520. The molecule has 0 amide bonds. The number of benzene rings is 3. The second kappa shape index (κ2) is 24.1. The molecule has 4 heterocycles. The SMILES string of the molecule is CC1(C)OCC(OS(C)(=O)=O)CO1.Cc1ccc(S(=O)(=O)OCC2(C)COC(C)(C)O2)cc1.Cc1ccc(S(=O)(=O)OC[C@@H]2COC(C)(C)O2)cc1.Cc1ccc(S(=O)(=O)OC[C@H]2COC(C)(C)O2)cc1. The monoisotopic (exact) mass is 1080 g/mol. The molecule has 3 aromatic carbocycles. The van der Waals surface area contributed by atoms with Crippen LogP contribution in [0.15, 0.2) is 87.5 Å². The van der Waals surface area contributed by atoms with E-state index in [1.807, 2.05) is 20.8 Å². The van der Waals surface area contributed by atoms with E-state index in [9.17, 15) is 33.7 Å². The molecule has 0 saturated carbocycles. The molecule has 0 spiro atoms. The minimum Gasteiger partial charge on any atom is -0.348 e. The highest BCUT2D eigenvalue weighted by atomic mass is 32.2. The summed E-state index contributed by atoms with van der Waals surface area (Å²) in [7, 11) is -14.7. The summed E-state index contributed by atoms with van der Waals surface area (Å²) in [5, 5.41) is 0. The molecule has 0 bridgehead atoms. The third kappa shape index (κ3) is 21.0. The molecule has 402 valence electrons. The van der Waals surface area contributed by atoms with Gasteiger partial charge in [0.2, 0.25) is 0 Å². The molecule has 4 fully saturated rings. The van der Waals surface area contributed by atoms with Crippen LogP contribution in [0, 0.1) is 20.8 Å². The van der Waals surface area contributed by atoms with Crippen molar-refractivity contribution in [3.05, 3.63) is 89.5 Å². The van der Waals surface area contributed by atoms with Crippen molar-refractivity contribution in [2.75, 3.05) is 59.1 Å². The number of rotatable bonds is 14. The molecule has 0 aliphatic carbocycles. The van der Waals surface area contributed by atoms with Gasteiger partial charge in [0.1, 0.15) is 23.9 Å². The molecular weight excluding hydrogens is 1010 g/mol. The minimum atomic E-state index is -3.78. The van der Waals surface area contributed by atoms with Crippen molar-refractivity contribution in [2.24, 2.45) is 0 Å². The zero-order valence-electron chi connectivity index (χ0n) is 42.6. The Morgan fingerprint density at radius 1 is 0.465 bits per heavy atom. The first kappa shape index (κ1) is 60.5. The van der Waals surface area contributed by atoms with E-state index >= 15 is 0 Å². The van der Waals surface area contributed by atoms with Crippen LogP contribution >= 0.6 is 0 Å². The van der Waals surface area contributed by atoms with E-state index in [-0.39, 0.29) is 59.9 Å². The Morgan fingerprint density at radius 2 is 0.803 bits per heavy atom. The van der Waals surface area contributed by atoms with Crippen molar-refractivity contribution in [3.8, 4) is 0 Å². The molecule has 71 heavy (non-hydrogen) atoms. The van der Waals surface area contributed by atoms with Crippen LogP contribution in [0.1, 0.15) is 79.0 Å². The molecule has 7 rings (SSSR count). The summed E-state index contributed by atoms with van der Waals surface area (Å²) in [5.41, 5.74) is 2.22. The van der Waals surface area contributed by atoms with Gasteiger partial charge in [0.25, 0.3) is 40.5 Å². The molecule has 4 aliphatic heterocycles. The average molecular weight is 1080 g/mol. The van der Waals surface area contributed by atoms with Crippen LogP contribution in [-0.4, -0.2) is 140 Å². The van der Waals surface area contributed by atoms with E-state index < -0.39 is 75.3 Å². The molecule has 0 radical (unpaired) electrons. The van der Waals surface area contributed by atoms with Crippen LogP contribution in [0.25, 0.3) is 0 Å². The lowest BCUT2D eigenvalue weighted by atomic mass is 10.1. The normalized spacial score (nSPS) is 23.8. The maximum absolute atomic E-state index is 12.1. The molecule has 3 atom stereocenters. The predicted molar refractivity (Wildman–Crippen MR) is 258 cm³/mol. The van der Waals surface area contributed by atoms with Crippen molar-refractivity contribution in [3.63, 3.8) is 0 Å². The number of aryl methyl sites for hydroxylation is 3. The van der Waals surface area contributed by atoms with Crippen LogP contribution in [-0.2, 0) is 95.1 Å². The van der Waals surface area contributed by atoms with Gasteiger partial charge in [-0.2, -0.15) is 33.7 Å². The Labute approximate surface area is 420 Å². The van der Waals surface area contributed by atoms with E-state index in [2.05, 4.69) is 0 Å². The smallest absolute Gasteiger partial charge is 0.297 e. The number of ether oxygens (including phenoxy) is 8. The quantitative estimate of drug-likeness (QED) is 0.166. The van der Waals surface area contributed by atoms with Gasteiger partial charge in [-0.3, -0.25) is 16.7 Å².